The van der Waals surface area contributed by atoms with Gasteiger partial charge in [-0.05, 0) is 23.2 Å². The molecule has 0 N–H and O–H groups in total. The third kappa shape index (κ3) is 4.09. The molecule has 0 saturated heterocycles. The normalized spacial score (nSPS) is 7.60. The maximum Gasteiger partial charge on any atom is -0.0249 e. The number of hydrogen-bond donors (Lipinski definition) is 0. The molecule has 0 nitrogen and oxygen atoms in total. The SMILES string of the molecule is CCC(C)=[SiH2]. The monoisotopic (exact) mass is 86.1 g/mol. The van der Waals surface area contributed by atoms with Gasteiger partial charge in [-0.3, -0.25) is 0 Å². The molecule has 0 heterocycles. The zero-order valence-electron chi connectivity index (χ0n) is 3.91. The average Bonchev–Trinajstić information content (AvgIpc) is 1.38. The van der Waals surface area contributed by atoms with Crippen LogP contribution in [-0.4, -0.2) is 15.0 Å². The molecule has 0 atom stereocenters. The minimum atomic E-state index is 1.23. The fourth-order valence-electron chi connectivity index (χ4n) is 0. The molecule has 0 aromatic carbocycles. The molecule has 0 bridgehead atoms. The Labute approximate surface area is 36.2 Å². The summed E-state index contributed by atoms with van der Waals surface area (Å²) in [4.78, 5) is 0. The summed E-state index contributed by atoms with van der Waals surface area (Å²) in [5.74, 6) is 0. The summed E-state index contributed by atoms with van der Waals surface area (Å²) in [7, 11) is 1.97. The zero-order chi connectivity index (χ0) is 4.28. The molecular formula is C4H10Si. The Kier molecular flexibility index (Phi) is 2.37. The standard InChI is InChI=1S/C4H10Si/c1-3-4(2)5/h3,5H2,1-2H3. The Hall–Kier alpha value is 0.0869. The second kappa shape index (κ2) is 2.33. The van der Waals surface area contributed by atoms with E-state index >= 15 is 0 Å². The van der Waals surface area contributed by atoms with Gasteiger partial charge in [0.25, 0.3) is 0 Å². The smallest absolute Gasteiger partial charge is 0.0249 e. The van der Waals surface area contributed by atoms with Gasteiger partial charge in [0.2, 0.25) is 0 Å². The molecule has 0 rings (SSSR count). The van der Waals surface area contributed by atoms with Gasteiger partial charge >= 0.3 is 0 Å². The van der Waals surface area contributed by atoms with Crippen LogP contribution in [0.1, 0.15) is 20.3 Å². The quantitative estimate of drug-likeness (QED) is 0.400. The van der Waals surface area contributed by atoms with Crippen molar-refractivity contribution in [2.75, 3.05) is 0 Å². The van der Waals surface area contributed by atoms with Gasteiger partial charge in [0, 0.05) is 0 Å². The molecule has 1 heteroatoms. The first-order chi connectivity index (χ1) is 2.27. The molecule has 30 valence electrons. The molecule has 0 aliphatic rings. The highest BCUT2D eigenvalue weighted by atomic mass is 28.1. The lowest BCUT2D eigenvalue weighted by Gasteiger charge is -1.80. The summed E-state index contributed by atoms with van der Waals surface area (Å²) in [5, 5.41) is 1.53. The van der Waals surface area contributed by atoms with E-state index in [0.717, 1.165) is 0 Å². The first kappa shape index (κ1) is 5.09. The molecule has 0 aromatic heterocycles. The summed E-state index contributed by atoms with van der Waals surface area (Å²) < 4.78 is 0. The molecule has 0 unspecified atom stereocenters. The van der Waals surface area contributed by atoms with E-state index in [-0.39, 0.29) is 0 Å². The van der Waals surface area contributed by atoms with Crippen molar-refractivity contribution in [3.05, 3.63) is 0 Å². The molecule has 0 amide bonds. The largest absolute Gasteiger partial charge is 0.0992 e. The van der Waals surface area contributed by atoms with Gasteiger partial charge in [-0.25, -0.2) is 0 Å². The maximum absolute atomic E-state index is 2.17. The van der Waals surface area contributed by atoms with Crippen LogP contribution in [0.15, 0.2) is 0 Å². The Morgan fingerprint density at radius 3 is 2.00 bits per heavy atom. The highest BCUT2D eigenvalue weighted by Crippen LogP contribution is 1.70. The third-order valence-corrected chi connectivity index (χ3v) is 1.10. The highest BCUT2D eigenvalue weighted by molar-refractivity contribution is 6.36. The summed E-state index contributed by atoms with van der Waals surface area (Å²) >= 11 is 0. The van der Waals surface area contributed by atoms with E-state index in [1.165, 1.54) is 11.6 Å². The Bertz CT molecular complexity index is 38.9. The van der Waals surface area contributed by atoms with Crippen LogP contribution in [0, 0.1) is 0 Å². The maximum atomic E-state index is 2.17. The van der Waals surface area contributed by atoms with E-state index in [9.17, 15) is 0 Å². The van der Waals surface area contributed by atoms with E-state index in [4.69, 9.17) is 0 Å². The van der Waals surface area contributed by atoms with Gasteiger partial charge in [0.1, 0.15) is 0 Å². The Morgan fingerprint density at radius 1 is 1.80 bits per heavy atom. The minimum absolute atomic E-state index is 1.23. The van der Waals surface area contributed by atoms with Crippen LogP contribution in [0.5, 0.6) is 0 Å². The van der Waals surface area contributed by atoms with E-state index in [0.29, 0.717) is 0 Å². The molecule has 0 saturated carbocycles. The van der Waals surface area contributed by atoms with E-state index < -0.39 is 0 Å². The summed E-state index contributed by atoms with van der Waals surface area (Å²) in [6.45, 7) is 4.32. The van der Waals surface area contributed by atoms with Crippen LogP contribution in [-0.2, 0) is 0 Å². The number of rotatable bonds is 1. The van der Waals surface area contributed by atoms with Crippen molar-refractivity contribution in [1.82, 2.24) is 0 Å². The van der Waals surface area contributed by atoms with Crippen molar-refractivity contribution >= 4 is 15.0 Å². The van der Waals surface area contributed by atoms with E-state index in [1.54, 1.807) is 0 Å². The van der Waals surface area contributed by atoms with Gasteiger partial charge in [-0.1, -0.05) is 12.1 Å². The predicted molar refractivity (Wildman–Crippen MR) is 29.5 cm³/mol. The predicted octanol–water partition coefficient (Wildman–Crippen LogP) is 0.222. The molecule has 5 heavy (non-hydrogen) atoms. The Balaban J connectivity index is 2.85. The molecular weight excluding hydrogens is 76.1 g/mol. The lowest BCUT2D eigenvalue weighted by atomic mass is 10.4. The van der Waals surface area contributed by atoms with Crippen LogP contribution in [0.25, 0.3) is 0 Å². The molecule has 0 aromatic rings. The van der Waals surface area contributed by atoms with Crippen molar-refractivity contribution in [2.24, 2.45) is 0 Å². The van der Waals surface area contributed by atoms with Crippen molar-refractivity contribution in [2.45, 2.75) is 20.3 Å². The second-order valence-electron chi connectivity index (χ2n) is 1.31. The van der Waals surface area contributed by atoms with Gasteiger partial charge < -0.3 is 0 Å². The van der Waals surface area contributed by atoms with Crippen LogP contribution < -0.4 is 0 Å². The third-order valence-electron chi connectivity index (χ3n) is 0.604. The van der Waals surface area contributed by atoms with Crippen molar-refractivity contribution in [1.29, 1.82) is 0 Å². The molecule has 0 fully saturated rings. The van der Waals surface area contributed by atoms with Crippen molar-refractivity contribution in [3.8, 4) is 0 Å². The van der Waals surface area contributed by atoms with Crippen LogP contribution >= 0.6 is 0 Å². The topological polar surface area (TPSA) is 0 Å². The summed E-state index contributed by atoms with van der Waals surface area (Å²) in [6, 6.07) is 0. The van der Waals surface area contributed by atoms with Gasteiger partial charge in [0.05, 0.1) is 0 Å². The van der Waals surface area contributed by atoms with Gasteiger partial charge in [0.15, 0.2) is 0 Å². The van der Waals surface area contributed by atoms with E-state index in [2.05, 4.69) is 13.8 Å². The van der Waals surface area contributed by atoms with Gasteiger partial charge in [-0.2, -0.15) is 0 Å². The first-order valence-electron chi connectivity index (χ1n) is 1.91. The van der Waals surface area contributed by atoms with Crippen molar-refractivity contribution in [3.63, 3.8) is 0 Å². The minimum Gasteiger partial charge on any atom is -0.0992 e. The molecule has 0 spiro atoms. The molecule has 0 radical (unpaired) electrons. The highest BCUT2D eigenvalue weighted by Gasteiger charge is 1.67. The van der Waals surface area contributed by atoms with Crippen LogP contribution in [0.3, 0.4) is 0 Å². The summed E-state index contributed by atoms with van der Waals surface area (Å²) in [5.41, 5.74) is 0. The van der Waals surface area contributed by atoms with Crippen molar-refractivity contribution < 1.29 is 0 Å². The van der Waals surface area contributed by atoms with Crippen LogP contribution in [0.4, 0.5) is 0 Å². The van der Waals surface area contributed by atoms with E-state index in [1.807, 2.05) is 9.85 Å². The Morgan fingerprint density at radius 2 is 2.00 bits per heavy atom. The molecule has 0 aliphatic heterocycles. The number of hydrogen-bond acceptors (Lipinski definition) is 0. The fourth-order valence-corrected chi connectivity index (χ4v) is 0. The average molecular weight is 86.2 g/mol. The first-order valence-corrected chi connectivity index (χ1v) is 2.62. The van der Waals surface area contributed by atoms with Crippen LogP contribution in [0.2, 0.25) is 0 Å². The lowest BCUT2D eigenvalue weighted by molar-refractivity contribution is 1.31. The lowest BCUT2D eigenvalue weighted by Crippen LogP contribution is -1.82. The molecule has 0 aliphatic carbocycles. The van der Waals surface area contributed by atoms with Gasteiger partial charge in [-0.15, -0.1) is 0 Å². The zero-order valence-corrected chi connectivity index (χ0v) is 5.33. The summed E-state index contributed by atoms with van der Waals surface area (Å²) in [6.07, 6.45) is 1.23. The second-order valence-corrected chi connectivity index (χ2v) is 2.52. The fraction of sp³-hybridized carbons (Fsp3) is 0.750.